The van der Waals surface area contributed by atoms with Crippen LogP contribution in [0.15, 0.2) is 59.7 Å². The van der Waals surface area contributed by atoms with Crippen LogP contribution in [-0.2, 0) is 19.3 Å². The number of nitrogens with one attached hydrogen (secondary N) is 2. The second kappa shape index (κ2) is 11.1. The van der Waals surface area contributed by atoms with Crippen LogP contribution in [0.25, 0.3) is 16.7 Å². The van der Waals surface area contributed by atoms with Gasteiger partial charge in [0.15, 0.2) is 5.65 Å². The van der Waals surface area contributed by atoms with Gasteiger partial charge in [-0.1, -0.05) is 18.2 Å². The number of nitrogens with zero attached hydrogens (tertiary/aromatic N) is 4. The molecule has 2 aromatic heterocycles. The van der Waals surface area contributed by atoms with Crippen molar-refractivity contribution < 1.29 is 4.79 Å². The summed E-state index contributed by atoms with van der Waals surface area (Å²) in [5.41, 5.74) is 5.80. The van der Waals surface area contributed by atoms with Crippen molar-refractivity contribution in [3.8, 4) is 5.69 Å². The lowest BCUT2D eigenvalue weighted by Gasteiger charge is -2.15. The van der Waals surface area contributed by atoms with Crippen LogP contribution in [0.3, 0.4) is 0 Å². The summed E-state index contributed by atoms with van der Waals surface area (Å²) in [5, 5.41) is 6.36. The van der Waals surface area contributed by atoms with Gasteiger partial charge in [0.25, 0.3) is 5.91 Å². The third-order valence-corrected chi connectivity index (χ3v) is 6.94. The largest absolute Gasteiger partial charge is 0.352 e. The number of carbonyl (C=O) groups excluding carboxylic acids is 1. The number of aryl methyl sites for hydroxylation is 3. The van der Waals surface area contributed by atoms with Gasteiger partial charge in [0.2, 0.25) is 11.4 Å². The van der Waals surface area contributed by atoms with Crippen molar-refractivity contribution in [1.82, 2.24) is 24.8 Å². The topological polar surface area (TPSA) is 92.2 Å². The summed E-state index contributed by atoms with van der Waals surface area (Å²) in [7, 11) is 4.16. The molecule has 0 unspecified atom stereocenters. The third kappa shape index (κ3) is 5.45. The van der Waals surface area contributed by atoms with Crippen molar-refractivity contribution in [3.05, 3.63) is 87.3 Å². The van der Waals surface area contributed by atoms with E-state index in [1.807, 2.05) is 29.7 Å². The van der Waals surface area contributed by atoms with E-state index >= 15 is 0 Å². The van der Waals surface area contributed by atoms with Gasteiger partial charge in [-0.2, -0.15) is 4.98 Å². The summed E-state index contributed by atoms with van der Waals surface area (Å²) in [6.45, 7) is 3.29. The number of fused-ring (bicyclic) bond motifs is 2. The molecule has 1 aliphatic rings. The standard InChI is InChI=1S/C30H34N6O2/c1-4-31-29(38)26-19-36(24-14-13-21-10-6-11-22(21)17-24)28-25(27(26)37)18-32-30(34-28)33-23-12-5-8-20(16-23)9-7-15-35(2)3/h5,8,12-14,16-19H,4,6-7,9-11,15H2,1-3H3,(H,31,38)(H,32,33,34). The first-order valence-corrected chi connectivity index (χ1v) is 13.3. The number of rotatable bonds is 9. The molecule has 0 radical (unpaired) electrons. The highest BCUT2D eigenvalue weighted by atomic mass is 16.2. The van der Waals surface area contributed by atoms with Crippen LogP contribution in [-0.4, -0.2) is 52.5 Å². The Morgan fingerprint density at radius 3 is 2.76 bits per heavy atom. The lowest BCUT2D eigenvalue weighted by molar-refractivity contribution is 0.0954. The van der Waals surface area contributed by atoms with Gasteiger partial charge in [0.1, 0.15) is 5.56 Å². The molecular weight excluding hydrogens is 476 g/mol. The number of hydrogen-bond acceptors (Lipinski definition) is 6. The summed E-state index contributed by atoms with van der Waals surface area (Å²) in [6.07, 6.45) is 8.41. The van der Waals surface area contributed by atoms with Crippen molar-refractivity contribution in [2.75, 3.05) is 32.5 Å². The van der Waals surface area contributed by atoms with Gasteiger partial charge in [-0.3, -0.25) is 9.59 Å². The maximum atomic E-state index is 13.3. The Balaban J connectivity index is 1.55. The predicted molar refractivity (Wildman–Crippen MR) is 152 cm³/mol. The molecule has 2 heterocycles. The number of carbonyl (C=O) groups is 1. The number of amides is 1. The Labute approximate surface area is 222 Å². The van der Waals surface area contributed by atoms with Gasteiger partial charge < -0.3 is 20.1 Å². The molecule has 0 bridgehead atoms. The van der Waals surface area contributed by atoms with Gasteiger partial charge in [-0.15, -0.1) is 0 Å². The molecule has 8 heteroatoms. The number of pyridine rings is 1. The van der Waals surface area contributed by atoms with E-state index in [-0.39, 0.29) is 11.0 Å². The average molecular weight is 511 g/mol. The minimum absolute atomic E-state index is 0.0783. The summed E-state index contributed by atoms with van der Waals surface area (Å²) in [6, 6.07) is 14.5. The molecule has 4 aromatic rings. The molecule has 0 aliphatic heterocycles. The molecular formula is C30H34N6O2. The zero-order valence-corrected chi connectivity index (χ0v) is 22.3. The van der Waals surface area contributed by atoms with Gasteiger partial charge in [0.05, 0.1) is 5.39 Å². The molecule has 8 nitrogen and oxygen atoms in total. The fraction of sp³-hybridized carbons (Fsp3) is 0.333. The lowest BCUT2D eigenvalue weighted by Crippen LogP contribution is -2.29. The molecule has 1 aliphatic carbocycles. The van der Waals surface area contributed by atoms with Crippen LogP contribution in [0.2, 0.25) is 0 Å². The SMILES string of the molecule is CCNC(=O)c1cn(-c2ccc3c(c2)CCC3)c2nc(Nc3cccc(CCCN(C)C)c3)ncc2c1=O. The van der Waals surface area contributed by atoms with Crippen LogP contribution < -0.4 is 16.1 Å². The summed E-state index contributed by atoms with van der Waals surface area (Å²) < 4.78 is 1.84. The first-order chi connectivity index (χ1) is 18.4. The highest BCUT2D eigenvalue weighted by Crippen LogP contribution is 2.26. The molecule has 196 valence electrons. The second-order valence-electron chi connectivity index (χ2n) is 10.1. The molecule has 0 atom stereocenters. The zero-order valence-electron chi connectivity index (χ0n) is 22.3. The van der Waals surface area contributed by atoms with E-state index in [2.05, 4.69) is 58.9 Å². The van der Waals surface area contributed by atoms with E-state index in [0.717, 1.165) is 50.0 Å². The lowest BCUT2D eigenvalue weighted by atomic mass is 10.1. The smallest absolute Gasteiger partial charge is 0.256 e. The van der Waals surface area contributed by atoms with Crippen molar-refractivity contribution in [1.29, 1.82) is 0 Å². The fourth-order valence-corrected chi connectivity index (χ4v) is 5.03. The Bertz CT molecular complexity index is 1540. The highest BCUT2D eigenvalue weighted by molar-refractivity contribution is 5.97. The van der Waals surface area contributed by atoms with Crippen molar-refractivity contribution >= 4 is 28.6 Å². The quantitative estimate of drug-likeness (QED) is 0.350. The van der Waals surface area contributed by atoms with Crippen LogP contribution in [0.1, 0.15) is 46.8 Å². The number of hydrogen-bond donors (Lipinski definition) is 2. The summed E-state index contributed by atoms with van der Waals surface area (Å²) in [5.74, 6) is -0.00870. The molecule has 5 rings (SSSR count). The van der Waals surface area contributed by atoms with E-state index in [4.69, 9.17) is 4.98 Å². The first kappa shape index (κ1) is 25.6. The van der Waals surface area contributed by atoms with E-state index in [9.17, 15) is 9.59 Å². The van der Waals surface area contributed by atoms with Gasteiger partial charge in [0, 0.05) is 30.3 Å². The van der Waals surface area contributed by atoms with E-state index in [1.165, 1.54) is 22.9 Å². The number of benzene rings is 2. The molecule has 1 amide bonds. The molecule has 0 saturated carbocycles. The fourth-order valence-electron chi connectivity index (χ4n) is 5.03. The van der Waals surface area contributed by atoms with Crippen LogP contribution >= 0.6 is 0 Å². The molecule has 2 aromatic carbocycles. The monoisotopic (exact) mass is 510 g/mol. The maximum Gasteiger partial charge on any atom is 0.256 e. The maximum absolute atomic E-state index is 13.3. The summed E-state index contributed by atoms with van der Waals surface area (Å²) >= 11 is 0. The van der Waals surface area contributed by atoms with Crippen molar-refractivity contribution in [3.63, 3.8) is 0 Å². The second-order valence-corrected chi connectivity index (χ2v) is 10.1. The van der Waals surface area contributed by atoms with Crippen LogP contribution in [0.5, 0.6) is 0 Å². The number of aromatic nitrogens is 3. The number of anilines is 2. The first-order valence-electron chi connectivity index (χ1n) is 13.3. The van der Waals surface area contributed by atoms with Gasteiger partial charge >= 0.3 is 0 Å². The molecule has 0 saturated heterocycles. The zero-order chi connectivity index (χ0) is 26.6. The van der Waals surface area contributed by atoms with Crippen molar-refractivity contribution in [2.24, 2.45) is 0 Å². The van der Waals surface area contributed by atoms with Crippen LogP contribution in [0, 0.1) is 0 Å². The Morgan fingerprint density at radius 1 is 1.11 bits per heavy atom. The molecule has 0 spiro atoms. The van der Waals surface area contributed by atoms with E-state index in [0.29, 0.717) is 23.5 Å². The molecule has 2 N–H and O–H groups in total. The minimum atomic E-state index is -0.400. The predicted octanol–water partition coefficient (Wildman–Crippen LogP) is 4.26. The highest BCUT2D eigenvalue weighted by Gasteiger charge is 2.19. The Morgan fingerprint density at radius 2 is 1.95 bits per heavy atom. The van der Waals surface area contributed by atoms with Gasteiger partial charge in [-0.05, 0) is 101 Å². The van der Waals surface area contributed by atoms with E-state index < -0.39 is 5.91 Å². The van der Waals surface area contributed by atoms with Crippen LogP contribution in [0.4, 0.5) is 11.6 Å². The minimum Gasteiger partial charge on any atom is -0.352 e. The molecule has 38 heavy (non-hydrogen) atoms. The van der Waals surface area contributed by atoms with Gasteiger partial charge in [-0.25, -0.2) is 4.98 Å². The third-order valence-electron chi connectivity index (χ3n) is 6.94. The van der Waals surface area contributed by atoms with E-state index in [1.54, 1.807) is 6.20 Å². The Kier molecular flexibility index (Phi) is 7.51. The van der Waals surface area contributed by atoms with Crippen molar-refractivity contribution in [2.45, 2.75) is 39.0 Å². The average Bonchev–Trinajstić information content (AvgIpc) is 3.37. The molecule has 0 fully saturated rings. The summed E-state index contributed by atoms with van der Waals surface area (Å²) in [4.78, 5) is 37.4. The Hall–Kier alpha value is -4.04. The normalized spacial score (nSPS) is 12.6.